The van der Waals surface area contributed by atoms with Gasteiger partial charge in [0.15, 0.2) is 6.61 Å². The van der Waals surface area contributed by atoms with E-state index in [1.165, 1.54) is 28.0 Å². The molecule has 1 aromatic heterocycles. The van der Waals surface area contributed by atoms with Crippen molar-refractivity contribution in [2.24, 2.45) is 0 Å². The Labute approximate surface area is 158 Å². The molecule has 0 aliphatic rings. The molecule has 4 nitrogen and oxygen atoms in total. The molecule has 0 unspecified atom stereocenters. The minimum Gasteiger partial charge on any atom is -0.455 e. The van der Waals surface area contributed by atoms with Gasteiger partial charge in [0, 0.05) is 21.8 Å². The maximum Gasteiger partial charge on any atom is 0.316 e. The SMILES string of the molecule is CN(Cc1ccc(Cl)s1)C(=O)COC(=O)CSc1ccc(Cl)cc1. The largest absolute Gasteiger partial charge is 0.455 e. The van der Waals surface area contributed by atoms with E-state index in [4.69, 9.17) is 27.9 Å². The molecule has 0 N–H and O–H groups in total. The third-order valence-corrected chi connectivity index (χ3v) is 5.43. The van der Waals surface area contributed by atoms with Crippen molar-refractivity contribution in [2.75, 3.05) is 19.4 Å². The molecule has 0 fully saturated rings. The van der Waals surface area contributed by atoms with E-state index in [0.29, 0.717) is 15.9 Å². The minimum atomic E-state index is -0.434. The zero-order chi connectivity index (χ0) is 17.5. The van der Waals surface area contributed by atoms with Crippen LogP contribution in [0.3, 0.4) is 0 Å². The second-order valence-electron chi connectivity index (χ2n) is 4.86. The molecule has 8 heteroatoms. The van der Waals surface area contributed by atoms with E-state index < -0.39 is 5.97 Å². The zero-order valence-corrected chi connectivity index (χ0v) is 16.0. The van der Waals surface area contributed by atoms with E-state index in [-0.39, 0.29) is 18.3 Å². The molecule has 128 valence electrons. The number of carbonyl (C=O) groups excluding carboxylic acids is 2. The first kappa shape index (κ1) is 19.1. The molecule has 24 heavy (non-hydrogen) atoms. The number of nitrogens with zero attached hydrogens (tertiary/aromatic N) is 1. The molecule has 0 atom stereocenters. The van der Waals surface area contributed by atoms with Crippen LogP contribution in [0.5, 0.6) is 0 Å². The highest BCUT2D eigenvalue weighted by Gasteiger charge is 2.13. The van der Waals surface area contributed by atoms with Crippen molar-refractivity contribution in [1.82, 2.24) is 4.90 Å². The van der Waals surface area contributed by atoms with Gasteiger partial charge in [-0.3, -0.25) is 9.59 Å². The van der Waals surface area contributed by atoms with Crippen LogP contribution in [0.4, 0.5) is 0 Å². The molecule has 1 heterocycles. The van der Waals surface area contributed by atoms with E-state index >= 15 is 0 Å². The smallest absolute Gasteiger partial charge is 0.316 e. The number of likely N-dealkylation sites (N-methyl/N-ethyl adjacent to an activating group) is 1. The lowest BCUT2D eigenvalue weighted by molar-refractivity contribution is -0.149. The van der Waals surface area contributed by atoms with Gasteiger partial charge in [0.05, 0.1) is 16.6 Å². The minimum absolute atomic E-state index is 0.138. The van der Waals surface area contributed by atoms with Crippen molar-refractivity contribution < 1.29 is 14.3 Å². The average Bonchev–Trinajstić information content (AvgIpc) is 2.96. The maximum absolute atomic E-state index is 12.0. The van der Waals surface area contributed by atoms with Gasteiger partial charge in [0.2, 0.25) is 0 Å². The predicted octanol–water partition coefficient (Wildman–Crippen LogP) is 4.35. The Kier molecular flexibility index (Phi) is 7.42. The summed E-state index contributed by atoms with van der Waals surface area (Å²) in [6, 6.07) is 10.8. The fraction of sp³-hybridized carbons (Fsp3) is 0.250. The van der Waals surface area contributed by atoms with Gasteiger partial charge < -0.3 is 9.64 Å². The maximum atomic E-state index is 12.0. The van der Waals surface area contributed by atoms with Crippen LogP contribution in [0.15, 0.2) is 41.3 Å². The molecule has 2 rings (SSSR count). The van der Waals surface area contributed by atoms with Gasteiger partial charge in [-0.1, -0.05) is 23.2 Å². The van der Waals surface area contributed by atoms with Crippen molar-refractivity contribution in [1.29, 1.82) is 0 Å². The summed E-state index contributed by atoms with van der Waals surface area (Å²) in [4.78, 5) is 27.1. The van der Waals surface area contributed by atoms with Gasteiger partial charge in [0.1, 0.15) is 0 Å². The normalized spacial score (nSPS) is 10.5. The first-order chi connectivity index (χ1) is 11.4. The number of amides is 1. The van der Waals surface area contributed by atoms with E-state index in [1.54, 1.807) is 25.2 Å². The van der Waals surface area contributed by atoms with Crippen LogP contribution in [0.1, 0.15) is 4.88 Å². The Bertz CT molecular complexity index is 704. The number of thioether (sulfide) groups is 1. The topological polar surface area (TPSA) is 46.6 Å². The summed E-state index contributed by atoms with van der Waals surface area (Å²) in [5.41, 5.74) is 0. The summed E-state index contributed by atoms with van der Waals surface area (Å²) in [5, 5.41) is 0.641. The first-order valence-corrected chi connectivity index (χ1v) is 9.52. The molecule has 2 aromatic rings. The van der Waals surface area contributed by atoms with Crippen molar-refractivity contribution in [2.45, 2.75) is 11.4 Å². The molecule has 0 saturated carbocycles. The predicted molar refractivity (Wildman–Crippen MR) is 98.9 cm³/mol. The molecule has 1 aromatic carbocycles. The fourth-order valence-corrected chi connectivity index (χ4v) is 3.69. The average molecular weight is 404 g/mol. The van der Waals surface area contributed by atoms with Crippen molar-refractivity contribution >= 4 is 58.2 Å². The lowest BCUT2D eigenvalue weighted by Gasteiger charge is -2.16. The van der Waals surface area contributed by atoms with Gasteiger partial charge in [-0.2, -0.15) is 0 Å². The van der Waals surface area contributed by atoms with Crippen LogP contribution in [0.25, 0.3) is 0 Å². The lowest BCUT2D eigenvalue weighted by Crippen LogP contribution is -2.30. The third-order valence-electron chi connectivity index (χ3n) is 2.97. The second kappa shape index (κ2) is 9.32. The van der Waals surface area contributed by atoms with Crippen LogP contribution in [0, 0.1) is 0 Å². The quantitative estimate of drug-likeness (QED) is 0.509. The highest BCUT2D eigenvalue weighted by Crippen LogP contribution is 2.22. The molecule has 0 radical (unpaired) electrons. The number of rotatable bonds is 7. The zero-order valence-electron chi connectivity index (χ0n) is 12.8. The number of esters is 1. The molecule has 0 saturated heterocycles. The van der Waals surface area contributed by atoms with E-state index in [9.17, 15) is 9.59 Å². The molecule has 0 bridgehead atoms. The Morgan fingerprint density at radius 2 is 1.88 bits per heavy atom. The second-order valence-corrected chi connectivity index (χ2v) is 8.14. The number of halogens is 2. The Balaban J connectivity index is 1.70. The van der Waals surface area contributed by atoms with Gasteiger partial charge >= 0.3 is 5.97 Å². The number of hydrogen-bond donors (Lipinski definition) is 0. The monoisotopic (exact) mass is 403 g/mol. The number of benzene rings is 1. The molecule has 0 spiro atoms. The molecule has 0 aliphatic carbocycles. The fourth-order valence-electron chi connectivity index (χ4n) is 1.73. The number of carbonyl (C=O) groups is 2. The summed E-state index contributed by atoms with van der Waals surface area (Å²) in [6.45, 7) is 0.170. The standard InChI is InChI=1S/C16H15Cl2NO3S2/c1-19(8-13-6-7-14(18)24-13)15(20)9-22-16(21)10-23-12-4-2-11(17)3-5-12/h2-7H,8-10H2,1H3. The Morgan fingerprint density at radius 1 is 1.17 bits per heavy atom. The summed E-state index contributed by atoms with van der Waals surface area (Å²) in [6.07, 6.45) is 0. The highest BCUT2D eigenvalue weighted by atomic mass is 35.5. The molecule has 1 amide bonds. The molecular weight excluding hydrogens is 389 g/mol. The lowest BCUT2D eigenvalue weighted by atomic mass is 10.4. The number of ether oxygens (including phenoxy) is 1. The highest BCUT2D eigenvalue weighted by molar-refractivity contribution is 8.00. The number of hydrogen-bond acceptors (Lipinski definition) is 5. The molecular formula is C16H15Cl2NO3S2. The molecule has 0 aliphatic heterocycles. The van der Waals surface area contributed by atoms with Crippen LogP contribution in [-0.2, 0) is 20.9 Å². The van der Waals surface area contributed by atoms with Crippen molar-refractivity contribution in [3.63, 3.8) is 0 Å². The van der Waals surface area contributed by atoms with E-state index in [1.807, 2.05) is 18.2 Å². The van der Waals surface area contributed by atoms with Crippen molar-refractivity contribution in [3.05, 3.63) is 50.6 Å². The van der Waals surface area contributed by atoms with Crippen LogP contribution in [-0.4, -0.2) is 36.2 Å². The Morgan fingerprint density at radius 3 is 2.50 bits per heavy atom. The van der Waals surface area contributed by atoms with Gasteiger partial charge in [-0.25, -0.2) is 0 Å². The van der Waals surface area contributed by atoms with Gasteiger partial charge in [-0.05, 0) is 36.4 Å². The summed E-state index contributed by atoms with van der Waals surface area (Å²) < 4.78 is 5.69. The number of thiophene rings is 1. The van der Waals surface area contributed by atoms with Gasteiger partial charge in [-0.15, -0.1) is 23.1 Å². The van der Waals surface area contributed by atoms with Gasteiger partial charge in [0.25, 0.3) is 5.91 Å². The summed E-state index contributed by atoms with van der Waals surface area (Å²) in [5.74, 6) is -0.556. The summed E-state index contributed by atoms with van der Waals surface area (Å²) in [7, 11) is 1.66. The van der Waals surface area contributed by atoms with E-state index in [0.717, 1.165) is 9.77 Å². The third kappa shape index (κ3) is 6.36. The summed E-state index contributed by atoms with van der Waals surface area (Å²) >= 11 is 14.4. The first-order valence-electron chi connectivity index (χ1n) is 6.96. The van der Waals surface area contributed by atoms with E-state index in [2.05, 4.69) is 0 Å². The van der Waals surface area contributed by atoms with Crippen LogP contribution in [0.2, 0.25) is 9.36 Å². The van der Waals surface area contributed by atoms with Crippen LogP contribution >= 0.6 is 46.3 Å². The van der Waals surface area contributed by atoms with Crippen LogP contribution < -0.4 is 0 Å². The van der Waals surface area contributed by atoms with Crippen molar-refractivity contribution in [3.8, 4) is 0 Å². The Hall–Kier alpha value is -1.21.